The van der Waals surface area contributed by atoms with Crippen LogP contribution in [0.4, 0.5) is 0 Å². The minimum Gasteiger partial charge on any atom is -0.0988 e. The zero-order valence-corrected chi connectivity index (χ0v) is 6.84. The van der Waals surface area contributed by atoms with Crippen LogP contribution in [0.3, 0.4) is 0 Å². The maximum Gasteiger partial charge on any atom is -0.0159 e. The Morgan fingerprint density at radius 2 is 2.27 bits per heavy atom. The van der Waals surface area contributed by atoms with E-state index in [2.05, 4.69) is 18.7 Å². The highest BCUT2D eigenvalue weighted by Gasteiger charge is 2.26. The number of allylic oxidation sites excluding steroid dienone is 5. The summed E-state index contributed by atoms with van der Waals surface area (Å²) in [7, 11) is 0. The lowest BCUT2D eigenvalue weighted by Gasteiger charge is -2.11. The standard InChI is InChI=1S/C11H14/c1-2-9-5-3-4-6-11(9)10-7-8-10/h2,4,6,10H,1,3,5,7-8H2. The molecule has 0 bridgehead atoms. The summed E-state index contributed by atoms with van der Waals surface area (Å²) in [5.41, 5.74) is 3.07. The Hall–Kier alpha value is -0.780. The lowest BCUT2D eigenvalue weighted by molar-refractivity contribution is 0.912. The fraction of sp³-hybridized carbons (Fsp3) is 0.455. The van der Waals surface area contributed by atoms with Crippen LogP contribution in [0.2, 0.25) is 0 Å². The summed E-state index contributed by atoms with van der Waals surface area (Å²) in [5.74, 6) is 0.888. The van der Waals surface area contributed by atoms with Gasteiger partial charge in [0.15, 0.2) is 0 Å². The maximum atomic E-state index is 3.85. The fourth-order valence-corrected chi connectivity index (χ4v) is 1.71. The predicted molar refractivity (Wildman–Crippen MR) is 48.3 cm³/mol. The monoisotopic (exact) mass is 146 g/mol. The third-order valence-corrected chi connectivity index (χ3v) is 2.51. The molecule has 0 aliphatic heterocycles. The van der Waals surface area contributed by atoms with E-state index in [1.54, 1.807) is 5.57 Å². The van der Waals surface area contributed by atoms with E-state index in [-0.39, 0.29) is 0 Å². The smallest absolute Gasteiger partial charge is 0.0159 e. The fourth-order valence-electron chi connectivity index (χ4n) is 1.71. The molecule has 0 amide bonds. The van der Waals surface area contributed by atoms with Crippen LogP contribution in [-0.2, 0) is 0 Å². The van der Waals surface area contributed by atoms with E-state index in [0.29, 0.717) is 0 Å². The van der Waals surface area contributed by atoms with Gasteiger partial charge >= 0.3 is 0 Å². The molecule has 0 spiro atoms. The number of hydrogen-bond acceptors (Lipinski definition) is 0. The Bertz CT molecular complexity index is 226. The van der Waals surface area contributed by atoms with Gasteiger partial charge in [0.05, 0.1) is 0 Å². The molecule has 2 aliphatic rings. The van der Waals surface area contributed by atoms with Gasteiger partial charge in [0.25, 0.3) is 0 Å². The highest BCUT2D eigenvalue weighted by atomic mass is 14.3. The molecule has 0 aromatic rings. The lowest BCUT2D eigenvalue weighted by atomic mass is 9.94. The van der Waals surface area contributed by atoms with Crippen LogP contribution in [0.1, 0.15) is 25.7 Å². The van der Waals surface area contributed by atoms with E-state index in [0.717, 1.165) is 5.92 Å². The van der Waals surface area contributed by atoms with E-state index in [1.807, 2.05) is 6.08 Å². The second kappa shape index (κ2) is 2.69. The second-order valence-electron chi connectivity index (χ2n) is 3.40. The average Bonchev–Trinajstić information content (AvgIpc) is 2.87. The van der Waals surface area contributed by atoms with E-state index in [1.165, 1.54) is 31.3 Å². The Morgan fingerprint density at radius 3 is 2.91 bits per heavy atom. The van der Waals surface area contributed by atoms with Crippen molar-refractivity contribution in [2.75, 3.05) is 0 Å². The minimum atomic E-state index is 0.888. The van der Waals surface area contributed by atoms with Crippen molar-refractivity contribution in [2.24, 2.45) is 5.92 Å². The Morgan fingerprint density at radius 1 is 1.45 bits per heavy atom. The maximum absolute atomic E-state index is 3.85. The van der Waals surface area contributed by atoms with Crippen LogP contribution in [0.25, 0.3) is 0 Å². The molecule has 0 N–H and O–H groups in total. The van der Waals surface area contributed by atoms with Crippen molar-refractivity contribution in [2.45, 2.75) is 25.7 Å². The van der Waals surface area contributed by atoms with Crippen molar-refractivity contribution in [3.8, 4) is 0 Å². The molecule has 0 heteroatoms. The van der Waals surface area contributed by atoms with Gasteiger partial charge in [-0.3, -0.25) is 0 Å². The minimum absolute atomic E-state index is 0.888. The Kier molecular flexibility index (Phi) is 1.69. The first-order valence-corrected chi connectivity index (χ1v) is 4.44. The Labute approximate surface area is 68.3 Å². The summed E-state index contributed by atoms with van der Waals surface area (Å²) in [5, 5.41) is 0. The first-order chi connectivity index (χ1) is 5.42. The molecule has 1 fully saturated rings. The van der Waals surface area contributed by atoms with E-state index in [9.17, 15) is 0 Å². The van der Waals surface area contributed by atoms with E-state index < -0.39 is 0 Å². The molecule has 58 valence electrons. The summed E-state index contributed by atoms with van der Waals surface area (Å²) in [6.45, 7) is 3.85. The molecule has 2 rings (SSSR count). The summed E-state index contributed by atoms with van der Waals surface area (Å²) in [4.78, 5) is 0. The van der Waals surface area contributed by atoms with Crippen LogP contribution < -0.4 is 0 Å². The van der Waals surface area contributed by atoms with E-state index >= 15 is 0 Å². The number of rotatable bonds is 2. The molecule has 0 aromatic carbocycles. The van der Waals surface area contributed by atoms with Crippen molar-refractivity contribution in [1.29, 1.82) is 0 Å². The molecule has 2 aliphatic carbocycles. The molecule has 0 heterocycles. The van der Waals surface area contributed by atoms with Crippen molar-refractivity contribution >= 4 is 0 Å². The summed E-state index contributed by atoms with van der Waals surface area (Å²) in [6.07, 6.45) is 11.9. The number of hydrogen-bond donors (Lipinski definition) is 0. The third kappa shape index (κ3) is 1.30. The second-order valence-corrected chi connectivity index (χ2v) is 3.40. The molecule has 1 saturated carbocycles. The van der Waals surface area contributed by atoms with Crippen LogP contribution >= 0.6 is 0 Å². The van der Waals surface area contributed by atoms with E-state index in [4.69, 9.17) is 0 Å². The quantitative estimate of drug-likeness (QED) is 0.561. The van der Waals surface area contributed by atoms with Gasteiger partial charge in [-0.05, 0) is 42.7 Å². The molecule has 0 radical (unpaired) electrons. The van der Waals surface area contributed by atoms with Crippen molar-refractivity contribution in [3.63, 3.8) is 0 Å². The molecule has 11 heavy (non-hydrogen) atoms. The molecule has 0 nitrogen and oxygen atoms in total. The summed E-state index contributed by atoms with van der Waals surface area (Å²) in [6, 6.07) is 0. The van der Waals surface area contributed by atoms with Gasteiger partial charge in [-0.15, -0.1) is 0 Å². The topological polar surface area (TPSA) is 0 Å². The van der Waals surface area contributed by atoms with Crippen molar-refractivity contribution in [1.82, 2.24) is 0 Å². The molecule has 0 atom stereocenters. The first-order valence-electron chi connectivity index (χ1n) is 4.44. The third-order valence-electron chi connectivity index (χ3n) is 2.51. The van der Waals surface area contributed by atoms with Gasteiger partial charge in [-0.1, -0.05) is 24.8 Å². The zero-order chi connectivity index (χ0) is 7.68. The largest absolute Gasteiger partial charge is 0.0988 e. The molecular formula is C11H14. The van der Waals surface area contributed by atoms with Gasteiger partial charge in [0.2, 0.25) is 0 Å². The Balaban J connectivity index is 2.26. The summed E-state index contributed by atoms with van der Waals surface area (Å²) >= 11 is 0. The van der Waals surface area contributed by atoms with Crippen LogP contribution in [0.15, 0.2) is 36.0 Å². The van der Waals surface area contributed by atoms with Gasteiger partial charge < -0.3 is 0 Å². The SMILES string of the molecule is C=CC1=C(C2CC2)C=CCC1. The molecular weight excluding hydrogens is 132 g/mol. The normalized spacial score (nSPS) is 24.0. The van der Waals surface area contributed by atoms with Gasteiger partial charge in [-0.2, -0.15) is 0 Å². The van der Waals surface area contributed by atoms with Crippen molar-refractivity contribution < 1.29 is 0 Å². The van der Waals surface area contributed by atoms with Crippen LogP contribution in [0.5, 0.6) is 0 Å². The van der Waals surface area contributed by atoms with Crippen LogP contribution in [-0.4, -0.2) is 0 Å². The van der Waals surface area contributed by atoms with Crippen LogP contribution in [0, 0.1) is 5.92 Å². The van der Waals surface area contributed by atoms with Gasteiger partial charge in [0.1, 0.15) is 0 Å². The predicted octanol–water partition coefficient (Wildman–Crippen LogP) is 3.23. The molecule has 0 saturated heterocycles. The average molecular weight is 146 g/mol. The van der Waals surface area contributed by atoms with Crippen molar-refractivity contribution in [3.05, 3.63) is 36.0 Å². The zero-order valence-electron chi connectivity index (χ0n) is 6.84. The first kappa shape index (κ1) is 6.90. The lowest BCUT2D eigenvalue weighted by Crippen LogP contribution is -1.93. The van der Waals surface area contributed by atoms with Gasteiger partial charge in [-0.25, -0.2) is 0 Å². The highest BCUT2D eigenvalue weighted by molar-refractivity contribution is 5.38. The molecule has 0 unspecified atom stereocenters. The van der Waals surface area contributed by atoms with Gasteiger partial charge in [0, 0.05) is 0 Å². The summed E-state index contributed by atoms with van der Waals surface area (Å²) < 4.78 is 0. The highest BCUT2D eigenvalue weighted by Crippen LogP contribution is 2.41. The molecule has 0 aromatic heterocycles.